The molecular formula is C22H27N6O10PS. The first-order chi connectivity index (χ1) is 18.9. The summed E-state index contributed by atoms with van der Waals surface area (Å²) in [5.41, 5.74) is 12.5. The van der Waals surface area contributed by atoms with Crippen molar-refractivity contribution in [1.82, 2.24) is 19.6 Å². The summed E-state index contributed by atoms with van der Waals surface area (Å²) in [5, 5.41) is 23.9. The van der Waals surface area contributed by atoms with Crippen LogP contribution in [-0.4, -0.2) is 78.7 Å². The van der Waals surface area contributed by atoms with Crippen molar-refractivity contribution < 1.29 is 48.2 Å². The number of esters is 1. The van der Waals surface area contributed by atoms with E-state index in [9.17, 15) is 24.5 Å². The Balaban J connectivity index is 1.46. The molecule has 3 unspecified atom stereocenters. The highest BCUT2D eigenvalue weighted by atomic mass is 32.1. The summed E-state index contributed by atoms with van der Waals surface area (Å²) >= 11 is 5.10. The maximum Gasteiger partial charge on any atom is 0.440 e. The predicted molar refractivity (Wildman–Crippen MR) is 142 cm³/mol. The van der Waals surface area contributed by atoms with Crippen LogP contribution >= 0.6 is 20.0 Å². The van der Waals surface area contributed by atoms with E-state index in [1.165, 1.54) is 36.1 Å². The largest absolute Gasteiger partial charge is 0.487 e. The summed E-state index contributed by atoms with van der Waals surface area (Å²) in [6.07, 6.45) is -2.21. The molecule has 3 aromatic rings. The van der Waals surface area contributed by atoms with Crippen LogP contribution < -0.4 is 26.2 Å². The quantitative estimate of drug-likeness (QED) is 0.0556. The Hall–Kier alpha value is -3.41. The van der Waals surface area contributed by atoms with E-state index in [1.54, 1.807) is 12.1 Å². The molecule has 1 aliphatic heterocycles. The van der Waals surface area contributed by atoms with Gasteiger partial charge in [-0.1, -0.05) is 29.0 Å². The summed E-state index contributed by atoms with van der Waals surface area (Å²) in [6.45, 7) is 1.02. The van der Waals surface area contributed by atoms with E-state index in [0.29, 0.717) is 10.9 Å². The Bertz CT molecular complexity index is 1460. The average Bonchev–Trinajstić information content (AvgIpc) is 3.44. The monoisotopic (exact) mass is 598 g/mol. The van der Waals surface area contributed by atoms with Gasteiger partial charge in [-0.05, 0) is 19.1 Å². The van der Waals surface area contributed by atoms with E-state index in [2.05, 4.69) is 24.5 Å². The SMILES string of the molecule is COC(=O)[C@H](C)NP(=O)(O)OOc1ccccc1OCC1O[C@@H](n2cc(C(N)=S)c3c(N)ncnc32)[C@H](O)C1O. The molecule has 40 heavy (non-hydrogen) atoms. The van der Waals surface area contributed by atoms with Crippen LogP contribution in [0.4, 0.5) is 5.82 Å². The number of aliphatic hydroxyl groups is 2. The highest BCUT2D eigenvalue weighted by molar-refractivity contribution is 7.80. The lowest BCUT2D eigenvalue weighted by atomic mass is 10.1. The van der Waals surface area contributed by atoms with Gasteiger partial charge < -0.3 is 50.2 Å². The first-order valence-electron chi connectivity index (χ1n) is 11.6. The van der Waals surface area contributed by atoms with Gasteiger partial charge in [0, 0.05) is 11.8 Å². The standard InChI is InChI=1S/C22H27N6O10PS/c1-10(22(31)34-2)27-39(32,33)38-37-13-6-4-3-5-12(13)35-8-14-16(29)17(30)21(36-14)28-7-11(19(24)40)15-18(23)25-9-26-20(15)28/h3-7,9-10,14,16-17,21,29-30H,8H2,1-2H3,(H2,24,40)(H2,23,25,26)(H2,27,32,33)/t10-,14?,16?,17+,21+/m0/s1. The van der Waals surface area contributed by atoms with Crippen molar-refractivity contribution >= 4 is 47.8 Å². The second kappa shape index (κ2) is 12.0. The molecule has 3 heterocycles. The summed E-state index contributed by atoms with van der Waals surface area (Å²) < 4.78 is 34.4. The maximum atomic E-state index is 12.2. The third-order valence-corrected chi connectivity index (χ3v) is 7.12. The molecule has 1 aromatic carbocycles. The molecule has 6 atom stereocenters. The van der Waals surface area contributed by atoms with Crippen LogP contribution in [0, 0.1) is 0 Å². The number of fused-ring (bicyclic) bond motifs is 1. The molecule has 1 saturated heterocycles. The fraction of sp³-hybridized carbons (Fsp3) is 0.364. The van der Waals surface area contributed by atoms with E-state index < -0.39 is 44.3 Å². The molecule has 0 bridgehead atoms. The molecule has 1 fully saturated rings. The van der Waals surface area contributed by atoms with Crippen LogP contribution in [0.3, 0.4) is 0 Å². The summed E-state index contributed by atoms with van der Waals surface area (Å²) in [7, 11) is -3.47. The van der Waals surface area contributed by atoms with E-state index >= 15 is 0 Å². The lowest BCUT2D eigenvalue weighted by Crippen LogP contribution is -2.34. The zero-order valence-corrected chi connectivity index (χ0v) is 22.8. The number of benzene rings is 1. The third-order valence-electron chi connectivity index (χ3n) is 5.91. The molecule has 2 aromatic heterocycles. The number of nitrogens with one attached hydrogen (secondary N) is 1. The molecule has 8 N–H and O–H groups in total. The Kier molecular flexibility index (Phi) is 8.86. The van der Waals surface area contributed by atoms with Crippen molar-refractivity contribution in [3.63, 3.8) is 0 Å². The zero-order valence-electron chi connectivity index (χ0n) is 21.1. The number of carbonyl (C=O) groups excluding carboxylic acids is 1. The normalized spacial score (nSPS) is 22.9. The Labute approximate surface area is 232 Å². The maximum absolute atomic E-state index is 12.2. The zero-order chi connectivity index (χ0) is 29.2. The number of thiocarbonyl (C=S) groups is 1. The Morgan fingerprint density at radius 1 is 1.27 bits per heavy atom. The Morgan fingerprint density at radius 2 is 1.98 bits per heavy atom. The number of rotatable bonds is 11. The van der Waals surface area contributed by atoms with Gasteiger partial charge in [0.15, 0.2) is 12.0 Å². The van der Waals surface area contributed by atoms with Crippen LogP contribution in [0.15, 0.2) is 36.8 Å². The molecule has 18 heteroatoms. The molecule has 0 aliphatic carbocycles. The molecule has 0 amide bonds. The number of methoxy groups -OCH3 is 1. The first-order valence-corrected chi connectivity index (χ1v) is 13.6. The van der Waals surface area contributed by atoms with E-state index in [-0.39, 0.29) is 34.6 Å². The molecule has 16 nitrogen and oxygen atoms in total. The van der Waals surface area contributed by atoms with E-state index in [0.717, 1.165) is 7.11 Å². The van der Waals surface area contributed by atoms with Gasteiger partial charge in [0.1, 0.15) is 53.7 Å². The van der Waals surface area contributed by atoms with Crippen LogP contribution in [0.25, 0.3) is 11.0 Å². The number of carbonyl (C=O) groups is 1. The van der Waals surface area contributed by atoms with Crippen LogP contribution in [0.5, 0.6) is 11.5 Å². The second-order valence-electron chi connectivity index (χ2n) is 8.63. The van der Waals surface area contributed by atoms with Gasteiger partial charge in [0.25, 0.3) is 0 Å². The van der Waals surface area contributed by atoms with Crippen molar-refractivity contribution in [1.29, 1.82) is 0 Å². The number of para-hydroxylation sites is 2. The van der Waals surface area contributed by atoms with Gasteiger partial charge >= 0.3 is 13.7 Å². The number of ether oxygens (including phenoxy) is 3. The number of anilines is 1. The minimum Gasteiger partial charge on any atom is -0.487 e. The van der Waals surface area contributed by atoms with Crippen molar-refractivity contribution in [2.24, 2.45) is 5.73 Å². The predicted octanol–water partition coefficient (Wildman–Crippen LogP) is -0.0922. The molecular weight excluding hydrogens is 571 g/mol. The number of nitrogens with zero attached hydrogens (tertiary/aromatic N) is 3. The van der Waals surface area contributed by atoms with Gasteiger partial charge in [-0.3, -0.25) is 4.79 Å². The van der Waals surface area contributed by atoms with Crippen molar-refractivity contribution in [3.8, 4) is 11.5 Å². The number of hydrogen-bond acceptors (Lipinski definition) is 13. The van der Waals surface area contributed by atoms with Crippen molar-refractivity contribution in [3.05, 3.63) is 42.4 Å². The highest BCUT2D eigenvalue weighted by Gasteiger charge is 2.45. The fourth-order valence-corrected chi connectivity index (χ4v) is 4.96. The van der Waals surface area contributed by atoms with Crippen molar-refractivity contribution in [2.45, 2.75) is 37.5 Å². The lowest BCUT2D eigenvalue weighted by Gasteiger charge is -2.19. The molecule has 0 saturated carbocycles. The third kappa shape index (κ3) is 6.16. The number of hydrogen-bond donors (Lipinski definition) is 6. The number of aromatic nitrogens is 3. The molecule has 1 aliphatic rings. The van der Waals surface area contributed by atoms with Gasteiger partial charge in [-0.15, -0.1) is 0 Å². The molecule has 216 valence electrons. The van der Waals surface area contributed by atoms with Gasteiger partial charge in [-0.25, -0.2) is 19.6 Å². The number of nitrogens with two attached hydrogens (primary N) is 2. The summed E-state index contributed by atoms with van der Waals surface area (Å²) in [4.78, 5) is 34.6. The van der Waals surface area contributed by atoms with Crippen LogP contribution in [-0.2, 0) is 23.5 Å². The first kappa shape index (κ1) is 29.6. The topological polar surface area (TPSA) is 236 Å². The smallest absolute Gasteiger partial charge is 0.440 e. The van der Waals surface area contributed by atoms with Crippen LogP contribution in [0.1, 0.15) is 18.7 Å². The molecule has 4 rings (SSSR count). The minimum atomic E-state index is -4.60. The minimum absolute atomic E-state index is 0.0272. The van der Waals surface area contributed by atoms with Gasteiger partial charge in [0.2, 0.25) is 5.75 Å². The summed E-state index contributed by atoms with van der Waals surface area (Å²) in [5.74, 6) is -0.706. The van der Waals surface area contributed by atoms with Gasteiger partial charge in [-0.2, -0.15) is 0 Å². The van der Waals surface area contributed by atoms with Gasteiger partial charge in [0.05, 0.1) is 12.5 Å². The average molecular weight is 599 g/mol. The van der Waals surface area contributed by atoms with E-state index in [4.69, 9.17) is 38.0 Å². The highest BCUT2D eigenvalue weighted by Crippen LogP contribution is 2.40. The number of aliphatic hydroxyl groups excluding tert-OH is 2. The van der Waals surface area contributed by atoms with Crippen molar-refractivity contribution in [2.75, 3.05) is 19.5 Å². The second-order valence-corrected chi connectivity index (χ2v) is 10.5. The molecule has 0 spiro atoms. The van der Waals surface area contributed by atoms with E-state index in [1.807, 2.05) is 0 Å². The Morgan fingerprint density at radius 3 is 2.65 bits per heavy atom. The van der Waals surface area contributed by atoms with Crippen LogP contribution in [0.2, 0.25) is 0 Å². The molecule has 0 radical (unpaired) electrons. The lowest BCUT2D eigenvalue weighted by molar-refractivity contribution is -0.143. The number of nitrogen functional groups attached to an aromatic ring is 1. The summed E-state index contributed by atoms with van der Waals surface area (Å²) in [6, 6.07) is 4.83. The fourth-order valence-electron chi connectivity index (χ4n) is 3.98.